The summed E-state index contributed by atoms with van der Waals surface area (Å²) >= 11 is 5.62. The SMILES string of the molecule is CCCCC(=O)NC(C)(C)CCCl. The van der Waals surface area contributed by atoms with Crippen molar-refractivity contribution in [3.8, 4) is 0 Å². The monoisotopic (exact) mass is 205 g/mol. The number of nitrogens with one attached hydrogen (secondary N) is 1. The maximum Gasteiger partial charge on any atom is 0.220 e. The van der Waals surface area contributed by atoms with Crippen LogP contribution in [-0.4, -0.2) is 17.3 Å². The summed E-state index contributed by atoms with van der Waals surface area (Å²) in [5.74, 6) is 0.720. The van der Waals surface area contributed by atoms with Crippen molar-refractivity contribution in [2.75, 3.05) is 5.88 Å². The van der Waals surface area contributed by atoms with Gasteiger partial charge in [-0.2, -0.15) is 0 Å². The number of rotatable bonds is 6. The molecule has 2 nitrogen and oxygen atoms in total. The topological polar surface area (TPSA) is 29.1 Å². The van der Waals surface area contributed by atoms with Crippen molar-refractivity contribution in [3.05, 3.63) is 0 Å². The van der Waals surface area contributed by atoms with Crippen molar-refractivity contribution in [3.63, 3.8) is 0 Å². The van der Waals surface area contributed by atoms with Crippen molar-refractivity contribution in [1.29, 1.82) is 0 Å². The van der Waals surface area contributed by atoms with E-state index >= 15 is 0 Å². The molecule has 0 saturated carbocycles. The Balaban J connectivity index is 3.75. The van der Waals surface area contributed by atoms with Gasteiger partial charge in [-0.15, -0.1) is 11.6 Å². The van der Waals surface area contributed by atoms with Crippen molar-refractivity contribution in [2.24, 2.45) is 0 Å². The first-order valence-electron chi connectivity index (χ1n) is 4.89. The van der Waals surface area contributed by atoms with E-state index in [0.717, 1.165) is 19.3 Å². The molecular formula is C10H20ClNO. The summed E-state index contributed by atoms with van der Waals surface area (Å²) in [4.78, 5) is 11.3. The summed E-state index contributed by atoms with van der Waals surface area (Å²) in [7, 11) is 0. The highest BCUT2D eigenvalue weighted by Gasteiger charge is 2.18. The Labute approximate surface area is 86.0 Å². The molecule has 0 aliphatic rings. The predicted octanol–water partition coefficient (Wildman–Crippen LogP) is 2.70. The molecule has 78 valence electrons. The van der Waals surface area contributed by atoms with Crippen LogP contribution < -0.4 is 5.32 Å². The molecule has 0 spiro atoms. The second-order valence-corrected chi connectivity index (χ2v) is 4.35. The molecule has 0 radical (unpaired) electrons. The first-order valence-corrected chi connectivity index (χ1v) is 5.42. The lowest BCUT2D eigenvalue weighted by molar-refractivity contribution is -0.122. The number of unbranched alkanes of at least 4 members (excludes halogenated alkanes) is 1. The predicted molar refractivity (Wildman–Crippen MR) is 57.1 cm³/mol. The highest BCUT2D eigenvalue weighted by molar-refractivity contribution is 6.17. The summed E-state index contributed by atoms with van der Waals surface area (Å²) in [6, 6.07) is 0. The van der Waals surface area contributed by atoms with Crippen LogP contribution in [0.4, 0.5) is 0 Å². The highest BCUT2D eigenvalue weighted by Crippen LogP contribution is 2.09. The van der Waals surface area contributed by atoms with Crippen LogP contribution in [0.1, 0.15) is 46.5 Å². The molecular weight excluding hydrogens is 186 g/mol. The minimum atomic E-state index is -0.160. The largest absolute Gasteiger partial charge is 0.351 e. The summed E-state index contributed by atoms with van der Waals surface area (Å²) in [6.45, 7) is 6.08. The minimum absolute atomic E-state index is 0.136. The smallest absolute Gasteiger partial charge is 0.220 e. The number of alkyl halides is 1. The molecule has 0 aromatic rings. The van der Waals surface area contributed by atoms with Crippen molar-refractivity contribution >= 4 is 17.5 Å². The number of carbonyl (C=O) groups is 1. The van der Waals surface area contributed by atoms with E-state index in [4.69, 9.17) is 11.6 Å². The molecule has 0 unspecified atom stereocenters. The molecule has 0 aliphatic heterocycles. The zero-order chi connectivity index (χ0) is 10.3. The molecule has 3 heteroatoms. The number of halogens is 1. The van der Waals surface area contributed by atoms with E-state index in [1.165, 1.54) is 0 Å². The van der Waals surface area contributed by atoms with Crippen LogP contribution in [0.25, 0.3) is 0 Å². The molecule has 0 atom stereocenters. The molecule has 0 aromatic heterocycles. The van der Waals surface area contributed by atoms with E-state index < -0.39 is 0 Å². The Morgan fingerprint density at radius 2 is 2.08 bits per heavy atom. The second kappa shape index (κ2) is 6.25. The fourth-order valence-electron chi connectivity index (χ4n) is 1.08. The lowest BCUT2D eigenvalue weighted by atomic mass is 10.0. The van der Waals surface area contributed by atoms with Crippen molar-refractivity contribution < 1.29 is 4.79 Å². The quantitative estimate of drug-likeness (QED) is 0.664. The molecule has 0 aliphatic carbocycles. The first kappa shape index (κ1) is 12.8. The Bertz CT molecular complexity index is 157. The van der Waals surface area contributed by atoms with Gasteiger partial charge in [0, 0.05) is 17.8 Å². The fourth-order valence-corrected chi connectivity index (χ4v) is 1.55. The minimum Gasteiger partial charge on any atom is -0.351 e. The van der Waals surface area contributed by atoms with E-state index in [2.05, 4.69) is 12.2 Å². The summed E-state index contributed by atoms with van der Waals surface area (Å²) in [5.41, 5.74) is -0.160. The number of hydrogen-bond donors (Lipinski definition) is 1. The van der Waals surface area contributed by atoms with Gasteiger partial charge in [0.1, 0.15) is 0 Å². The van der Waals surface area contributed by atoms with Gasteiger partial charge in [-0.3, -0.25) is 4.79 Å². The molecule has 1 N–H and O–H groups in total. The standard InChI is InChI=1S/C10H20ClNO/c1-4-5-6-9(13)12-10(2,3)7-8-11/h4-8H2,1-3H3,(H,12,13). The van der Waals surface area contributed by atoms with Crippen LogP contribution in [0.3, 0.4) is 0 Å². The lowest BCUT2D eigenvalue weighted by Gasteiger charge is -2.25. The normalized spacial score (nSPS) is 11.4. The third-order valence-electron chi connectivity index (χ3n) is 1.95. The zero-order valence-corrected chi connectivity index (χ0v) is 9.58. The molecule has 0 bridgehead atoms. The highest BCUT2D eigenvalue weighted by atomic mass is 35.5. The molecule has 1 amide bonds. The zero-order valence-electron chi connectivity index (χ0n) is 8.82. The lowest BCUT2D eigenvalue weighted by Crippen LogP contribution is -2.43. The summed E-state index contributed by atoms with van der Waals surface area (Å²) in [6.07, 6.45) is 3.46. The average Bonchev–Trinajstić information content (AvgIpc) is 1.99. The van der Waals surface area contributed by atoms with Gasteiger partial charge in [0.25, 0.3) is 0 Å². The second-order valence-electron chi connectivity index (χ2n) is 3.97. The van der Waals surface area contributed by atoms with Gasteiger partial charge in [0.2, 0.25) is 5.91 Å². The Morgan fingerprint density at radius 3 is 2.54 bits per heavy atom. The maximum absolute atomic E-state index is 11.3. The number of carbonyl (C=O) groups excluding carboxylic acids is 1. The van der Waals surface area contributed by atoms with Crippen LogP contribution in [0, 0.1) is 0 Å². The third kappa shape index (κ3) is 6.88. The average molecular weight is 206 g/mol. The van der Waals surface area contributed by atoms with Gasteiger partial charge >= 0.3 is 0 Å². The van der Waals surface area contributed by atoms with E-state index in [9.17, 15) is 4.79 Å². The van der Waals surface area contributed by atoms with Gasteiger partial charge in [0.05, 0.1) is 0 Å². The van der Waals surface area contributed by atoms with E-state index in [1.54, 1.807) is 0 Å². The van der Waals surface area contributed by atoms with Gasteiger partial charge in [-0.1, -0.05) is 13.3 Å². The summed E-state index contributed by atoms with van der Waals surface area (Å²) < 4.78 is 0. The Morgan fingerprint density at radius 1 is 1.46 bits per heavy atom. The van der Waals surface area contributed by atoms with Crippen LogP contribution in [-0.2, 0) is 4.79 Å². The van der Waals surface area contributed by atoms with Crippen LogP contribution in [0.15, 0.2) is 0 Å². The number of hydrogen-bond acceptors (Lipinski definition) is 1. The molecule has 0 fully saturated rings. The van der Waals surface area contributed by atoms with E-state index in [-0.39, 0.29) is 11.4 Å². The maximum atomic E-state index is 11.3. The van der Waals surface area contributed by atoms with Gasteiger partial charge < -0.3 is 5.32 Å². The van der Waals surface area contributed by atoms with Gasteiger partial charge in [-0.25, -0.2) is 0 Å². The Kier molecular flexibility index (Phi) is 6.13. The van der Waals surface area contributed by atoms with Crippen LogP contribution in [0.5, 0.6) is 0 Å². The number of amides is 1. The molecule has 13 heavy (non-hydrogen) atoms. The van der Waals surface area contributed by atoms with E-state index in [1.807, 2.05) is 13.8 Å². The molecule has 0 aromatic carbocycles. The Hall–Kier alpha value is -0.240. The van der Waals surface area contributed by atoms with Crippen molar-refractivity contribution in [2.45, 2.75) is 52.0 Å². The van der Waals surface area contributed by atoms with E-state index in [0.29, 0.717) is 12.3 Å². The summed E-state index contributed by atoms with van der Waals surface area (Å²) in [5, 5.41) is 2.97. The van der Waals surface area contributed by atoms with Gasteiger partial charge in [-0.05, 0) is 26.7 Å². The molecule has 0 saturated heterocycles. The van der Waals surface area contributed by atoms with Gasteiger partial charge in [0.15, 0.2) is 0 Å². The van der Waals surface area contributed by atoms with Crippen LogP contribution >= 0.6 is 11.6 Å². The van der Waals surface area contributed by atoms with Crippen LogP contribution in [0.2, 0.25) is 0 Å². The van der Waals surface area contributed by atoms with Crippen molar-refractivity contribution in [1.82, 2.24) is 5.32 Å². The molecule has 0 heterocycles. The third-order valence-corrected chi connectivity index (χ3v) is 2.14. The molecule has 0 rings (SSSR count). The fraction of sp³-hybridized carbons (Fsp3) is 0.900. The first-order chi connectivity index (χ1) is 6.02.